The minimum atomic E-state index is -0.278. The Bertz CT molecular complexity index is 642. The van der Waals surface area contributed by atoms with E-state index in [9.17, 15) is 4.39 Å². The number of rotatable bonds is 6. The summed E-state index contributed by atoms with van der Waals surface area (Å²) < 4.78 is 19.3. The molecule has 1 aromatic carbocycles. The number of benzene rings is 1. The molecule has 22 heavy (non-hydrogen) atoms. The SMILES string of the molecule is CCc1nc(C)c(C(C)N(C)Cc2cccc(OC)c2F)s1. The lowest BCUT2D eigenvalue weighted by Gasteiger charge is -2.24. The van der Waals surface area contributed by atoms with Gasteiger partial charge < -0.3 is 4.74 Å². The van der Waals surface area contributed by atoms with E-state index in [2.05, 4.69) is 23.7 Å². The molecular weight excluding hydrogens is 299 g/mol. The van der Waals surface area contributed by atoms with Gasteiger partial charge in [-0.3, -0.25) is 4.90 Å². The topological polar surface area (TPSA) is 25.4 Å². The minimum absolute atomic E-state index is 0.198. The molecule has 0 aliphatic carbocycles. The van der Waals surface area contributed by atoms with Crippen molar-refractivity contribution in [2.24, 2.45) is 0 Å². The first-order chi connectivity index (χ1) is 10.5. The van der Waals surface area contributed by atoms with Crippen molar-refractivity contribution in [2.75, 3.05) is 14.2 Å². The second kappa shape index (κ2) is 7.20. The van der Waals surface area contributed by atoms with E-state index in [1.165, 1.54) is 12.0 Å². The van der Waals surface area contributed by atoms with E-state index < -0.39 is 0 Å². The van der Waals surface area contributed by atoms with Crippen LogP contribution in [0.4, 0.5) is 4.39 Å². The van der Waals surface area contributed by atoms with Gasteiger partial charge in [0.2, 0.25) is 0 Å². The van der Waals surface area contributed by atoms with Gasteiger partial charge in [0, 0.05) is 23.0 Å². The number of hydrogen-bond donors (Lipinski definition) is 0. The average Bonchev–Trinajstić information content (AvgIpc) is 2.89. The van der Waals surface area contributed by atoms with Crippen molar-refractivity contribution in [2.45, 2.75) is 39.8 Å². The van der Waals surface area contributed by atoms with Gasteiger partial charge >= 0.3 is 0 Å². The maximum atomic E-state index is 14.3. The summed E-state index contributed by atoms with van der Waals surface area (Å²) in [7, 11) is 3.50. The standard InChI is InChI=1S/C17H23FN2OS/c1-6-15-19-11(2)17(22-15)12(3)20(4)10-13-8-7-9-14(21-5)16(13)18/h7-9,12H,6,10H2,1-5H3. The summed E-state index contributed by atoms with van der Waals surface area (Å²) in [6, 6.07) is 5.47. The van der Waals surface area contributed by atoms with Gasteiger partial charge in [-0.25, -0.2) is 9.37 Å². The summed E-state index contributed by atoms with van der Waals surface area (Å²) in [4.78, 5) is 7.97. The third kappa shape index (κ3) is 3.47. The van der Waals surface area contributed by atoms with Crippen LogP contribution >= 0.6 is 11.3 Å². The highest BCUT2D eigenvalue weighted by atomic mass is 32.1. The first kappa shape index (κ1) is 16.9. The van der Waals surface area contributed by atoms with E-state index in [0.717, 1.165) is 17.1 Å². The van der Waals surface area contributed by atoms with E-state index >= 15 is 0 Å². The average molecular weight is 322 g/mol. The van der Waals surface area contributed by atoms with Crippen LogP contribution in [0.25, 0.3) is 0 Å². The van der Waals surface area contributed by atoms with Crippen molar-refractivity contribution < 1.29 is 9.13 Å². The summed E-state index contributed by atoms with van der Waals surface area (Å²) in [6.45, 7) is 6.82. The third-order valence-electron chi connectivity index (χ3n) is 3.90. The van der Waals surface area contributed by atoms with Crippen LogP contribution in [0, 0.1) is 12.7 Å². The van der Waals surface area contributed by atoms with Crippen molar-refractivity contribution in [3.63, 3.8) is 0 Å². The van der Waals surface area contributed by atoms with Crippen LogP contribution in [0.3, 0.4) is 0 Å². The Kier molecular flexibility index (Phi) is 5.53. The Morgan fingerprint density at radius 2 is 2.14 bits per heavy atom. The second-order valence-electron chi connectivity index (χ2n) is 5.44. The number of ether oxygens (including phenoxy) is 1. The molecule has 0 saturated carbocycles. The molecule has 3 nitrogen and oxygen atoms in total. The van der Waals surface area contributed by atoms with Gasteiger partial charge in [0.05, 0.1) is 17.8 Å². The number of hydrogen-bond acceptors (Lipinski definition) is 4. The highest BCUT2D eigenvalue weighted by Crippen LogP contribution is 2.30. The van der Waals surface area contributed by atoms with E-state index in [4.69, 9.17) is 4.74 Å². The Labute approximate surface area is 135 Å². The van der Waals surface area contributed by atoms with E-state index in [-0.39, 0.29) is 11.9 Å². The van der Waals surface area contributed by atoms with Crippen LogP contribution < -0.4 is 4.74 Å². The fourth-order valence-corrected chi connectivity index (χ4v) is 3.57. The Hall–Kier alpha value is -1.46. The molecular formula is C17H23FN2OS. The van der Waals surface area contributed by atoms with Crippen LogP contribution in [0.2, 0.25) is 0 Å². The molecule has 5 heteroatoms. The van der Waals surface area contributed by atoms with E-state index in [0.29, 0.717) is 17.9 Å². The normalized spacial score (nSPS) is 12.7. The lowest BCUT2D eigenvalue weighted by molar-refractivity contribution is 0.250. The molecule has 0 amide bonds. The summed E-state index contributed by atoms with van der Waals surface area (Å²) >= 11 is 1.75. The minimum Gasteiger partial charge on any atom is -0.494 e. The molecule has 0 fully saturated rings. The predicted octanol–water partition coefficient (Wildman–Crippen LogP) is 4.35. The molecule has 1 unspecified atom stereocenters. The van der Waals surface area contributed by atoms with Crippen LogP contribution in [-0.4, -0.2) is 24.0 Å². The summed E-state index contributed by atoms with van der Waals surface area (Å²) in [5.41, 5.74) is 1.72. The van der Waals surface area contributed by atoms with Gasteiger partial charge in [-0.2, -0.15) is 0 Å². The first-order valence-corrected chi connectivity index (χ1v) is 8.27. The number of halogens is 1. The van der Waals surface area contributed by atoms with Gasteiger partial charge in [0.15, 0.2) is 11.6 Å². The largest absolute Gasteiger partial charge is 0.494 e. The molecule has 2 aromatic rings. The van der Waals surface area contributed by atoms with Crippen LogP contribution in [0.5, 0.6) is 5.75 Å². The van der Waals surface area contributed by atoms with Crippen LogP contribution in [0.1, 0.15) is 41.0 Å². The van der Waals surface area contributed by atoms with E-state index in [1.807, 2.05) is 20.0 Å². The fraction of sp³-hybridized carbons (Fsp3) is 0.471. The van der Waals surface area contributed by atoms with Crippen molar-refractivity contribution in [1.29, 1.82) is 0 Å². The third-order valence-corrected chi connectivity index (χ3v) is 5.37. The fourth-order valence-electron chi connectivity index (χ4n) is 2.45. The summed E-state index contributed by atoms with van der Waals surface area (Å²) in [5, 5.41) is 1.15. The quantitative estimate of drug-likeness (QED) is 0.790. The molecule has 1 atom stereocenters. The maximum absolute atomic E-state index is 14.3. The van der Waals surface area contributed by atoms with Gasteiger partial charge in [-0.1, -0.05) is 19.1 Å². The second-order valence-corrected chi connectivity index (χ2v) is 6.55. The highest BCUT2D eigenvalue weighted by Gasteiger charge is 2.19. The zero-order chi connectivity index (χ0) is 16.3. The number of methoxy groups -OCH3 is 1. The summed E-state index contributed by atoms with van der Waals surface area (Å²) in [5.74, 6) is 0.0140. The van der Waals surface area contributed by atoms with Gasteiger partial charge in [-0.15, -0.1) is 11.3 Å². The molecule has 0 radical (unpaired) electrons. The predicted molar refractivity (Wildman–Crippen MR) is 89.1 cm³/mol. The molecule has 0 aliphatic rings. The molecule has 120 valence electrons. The Balaban J connectivity index is 2.17. The van der Waals surface area contributed by atoms with Gasteiger partial charge in [-0.05, 0) is 33.4 Å². The van der Waals surface area contributed by atoms with Crippen LogP contribution in [0.15, 0.2) is 18.2 Å². The number of thiazole rings is 1. The van der Waals surface area contributed by atoms with Gasteiger partial charge in [0.1, 0.15) is 0 Å². The molecule has 0 spiro atoms. The van der Waals surface area contributed by atoms with E-state index in [1.54, 1.807) is 23.5 Å². The Morgan fingerprint density at radius 1 is 1.41 bits per heavy atom. The molecule has 0 aliphatic heterocycles. The highest BCUT2D eigenvalue weighted by molar-refractivity contribution is 7.11. The van der Waals surface area contributed by atoms with Crippen molar-refractivity contribution in [1.82, 2.24) is 9.88 Å². The van der Waals surface area contributed by atoms with Crippen molar-refractivity contribution >= 4 is 11.3 Å². The molecule has 2 rings (SSSR count). The first-order valence-electron chi connectivity index (χ1n) is 7.45. The number of aryl methyl sites for hydroxylation is 2. The molecule has 0 N–H and O–H groups in total. The van der Waals surface area contributed by atoms with Crippen molar-refractivity contribution in [3.8, 4) is 5.75 Å². The van der Waals surface area contributed by atoms with Gasteiger partial charge in [0.25, 0.3) is 0 Å². The Morgan fingerprint density at radius 3 is 2.73 bits per heavy atom. The maximum Gasteiger partial charge on any atom is 0.169 e. The number of nitrogens with zero attached hydrogens (tertiary/aromatic N) is 2. The zero-order valence-corrected chi connectivity index (χ0v) is 14.6. The number of aromatic nitrogens is 1. The molecule has 1 aromatic heterocycles. The smallest absolute Gasteiger partial charge is 0.169 e. The lowest BCUT2D eigenvalue weighted by atomic mass is 10.1. The van der Waals surface area contributed by atoms with Crippen LogP contribution in [-0.2, 0) is 13.0 Å². The monoisotopic (exact) mass is 322 g/mol. The molecule has 0 bridgehead atoms. The molecule has 1 heterocycles. The molecule has 0 saturated heterocycles. The van der Waals surface area contributed by atoms with Crippen molar-refractivity contribution in [3.05, 3.63) is 45.2 Å². The zero-order valence-electron chi connectivity index (χ0n) is 13.8. The lowest BCUT2D eigenvalue weighted by Crippen LogP contribution is -2.22. The summed E-state index contributed by atoms with van der Waals surface area (Å²) in [6.07, 6.45) is 0.951.